The summed E-state index contributed by atoms with van der Waals surface area (Å²) < 4.78 is 10.4. The molecule has 0 saturated carbocycles. The van der Waals surface area contributed by atoms with Gasteiger partial charge < -0.3 is 24.5 Å². The number of aliphatic hydroxyl groups is 1. The molecule has 0 bridgehead atoms. The van der Waals surface area contributed by atoms with Crippen LogP contribution in [0, 0.1) is 0 Å². The third kappa shape index (κ3) is 5.89. The van der Waals surface area contributed by atoms with E-state index in [0.717, 1.165) is 24.4 Å². The number of aliphatic hydroxyl groups excluding tert-OH is 1. The quantitative estimate of drug-likeness (QED) is 0.784. The lowest BCUT2D eigenvalue weighted by Gasteiger charge is -2.35. The van der Waals surface area contributed by atoms with E-state index in [9.17, 15) is 9.90 Å². The highest BCUT2D eigenvalue weighted by molar-refractivity contribution is 5.85. The molecule has 1 atom stereocenters. The Morgan fingerprint density at radius 1 is 1.22 bits per heavy atom. The van der Waals surface area contributed by atoms with Crippen molar-refractivity contribution in [1.29, 1.82) is 0 Å². The number of β-amino-alcohol motifs (C(OH)–C–C–N with tert-alkyl or cyclic N) is 1. The van der Waals surface area contributed by atoms with Gasteiger partial charge in [-0.2, -0.15) is 0 Å². The van der Waals surface area contributed by atoms with Crippen LogP contribution in [0.1, 0.15) is 17.4 Å². The van der Waals surface area contributed by atoms with E-state index in [0.29, 0.717) is 31.9 Å². The normalized spacial score (nSPS) is 15.7. The van der Waals surface area contributed by atoms with Gasteiger partial charge in [0.1, 0.15) is 17.6 Å². The summed E-state index contributed by atoms with van der Waals surface area (Å²) in [6, 6.07) is 11.1. The maximum atomic E-state index is 12.3. The number of carbonyl (C=O) groups is 1. The number of furan rings is 1. The molecule has 0 radical (unpaired) electrons. The van der Waals surface area contributed by atoms with Gasteiger partial charge in [-0.25, -0.2) is 4.79 Å². The third-order valence-electron chi connectivity index (χ3n) is 4.57. The van der Waals surface area contributed by atoms with Gasteiger partial charge >= 0.3 is 6.03 Å². The highest BCUT2D eigenvalue weighted by Gasteiger charge is 2.23. The Morgan fingerprint density at radius 3 is 2.52 bits per heavy atom. The first-order valence-corrected chi connectivity index (χ1v) is 8.75. The molecule has 148 valence electrons. The first-order valence-electron chi connectivity index (χ1n) is 8.75. The minimum absolute atomic E-state index is 0. The monoisotopic (exact) mass is 395 g/mol. The molecule has 8 heteroatoms. The van der Waals surface area contributed by atoms with Crippen LogP contribution in [-0.4, -0.2) is 60.8 Å². The molecular formula is C19H26ClN3O4. The Hall–Kier alpha value is -2.22. The average Bonchev–Trinajstić information content (AvgIpc) is 3.22. The predicted octanol–water partition coefficient (Wildman–Crippen LogP) is 2.27. The van der Waals surface area contributed by atoms with Gasteiger partial charge in [-0.05, 0) is 29.8 Å². The van der Waals surface area contributed by atoms with Crippen molar-refractivity contribution in [3.63, 3.8) is 0 Å². The topological polar surface area (TPSA) is 78.2 Å². The molecule has 0 aliphatic carbocycles. The number of methoxy groups -OCH3 is 1. The number of urea groups is 1. The van der Waals surface area contributed by atoms with E-state index in [2.05, 4.69) is 10.2 Å². The molecule has 1 unspecified atom stereocenters. The average molecular weight is 396 g/mol. The van der Waals surface area contributed by atoms with Gasteiger partial charge in [0, 0.05) is 39.3 Å². The number of nitrogens with one attached hydrogen (secondary N) is 1. The van der Waals surface area contributed by atoms with E-state index in [-0.39, 0.29) is 18.4 Å². The van der Waals surface area contributed by atoms with Gasteiger partial charge in [-0.1, -0.05) is 12.1 Å². The number of amides is 2. The summed E-state index contributed by atoms with van der Waals surface area (Å²) in [6.07, 6.45) is 0.921. The van der Waals surface area contributed by atoms with Crippen LogP contribution >= 0.6 is 12.4 Å². The SMILES string of the molecule is COc1ccc(CNC(=O)N2CCN(CC(O)c3ccco3)CC2)cc1.Cl. The van der Waals surface area contributed by atoms with Crippen LogP contribution in [0.4, 0.5) is 4.79 Å². The fraction of sp³-hybridized carbons (Fsp3) is 0.421. The Morgan fingerprint density at radius 2 is 1.93 bits per heavy atom. The van der Waals surface area contributed by atoms with Crippen LogP contribution in [0.3, 0.4) is 0 Å². The molecule has 3 rings (SSSR count). The lowest BCUT2D eigenvalue weighted by atomic mass is 10.2. The molecule has 2 aromatic rings. The molecule has 27 heavy (non-hydrogen) atoms. The smallest absolute Gasteiger partial charge is 0.317 e. The zero-order chi connectivity index (χ0) is 18.4. The highest BCUT2D eigenvalue weighted by Crippen LogP contribution is 2.16. The van der Waals surface area contributed by atoms with Crippen LogP contribution in [-0.2, 0) is 6.54 Å². The van der Waals surface area contributed by atoms with Crippen molar-refractivity contribution >= 4 is 18.4 Å². The fourth-order valence-electron chi connectivity index (χ4n) is 2.98. The Labute approximate surface area is 165 Å². The second-order valence-corrected chi connectivity index (χ2v) is 6.33. The largest absolute Gasteiger partial charge is 0.497 e. The zero-order valence-corrected chi connectivity index (χ0v) is 16.2. The van der Waals surface area contributed by atoms with E-state index in [4.69, 9.17) is 9.15 Å². The van der Waals surface area contributed by atoms with Crippen LogP contribution in [0.15, 0.2) is 47.1 Å². The minimum Gasteiger partial charge on any atom is -0.497 e. The fourth-order valence-corrected chi connectivity index (χ4v) is 2.98. The van der Waals surface area contributed by atoms with Gasteiger partial charge in [-0.15, -0.1) is 12.4 Å². The molecule has 1 aliphatic rings. The Balaban J connectivity index is 0.00000261. The first-order chi connectivity index (χ1) is 12.7. The number of hydrogen-bond acceptors (Lipinski definition) is 5. The van der Waals surface area contributed by atoms with Crippen LogP contribution in [0.5, 0.6) is 5.75 Å². The highest BCUT2D eigenvalue weighted by atomic mass is 35.5. The molecule has 0 spiro atoms. The van der Waals surface area contributed by atoms with Crippen molar-refractivity contribution < 1.29 is 19.1 Å². The third-order valence-corrected chi connectivity index (χ3v) is 4.57. The molecule has 1 fully saturated rings. The molecule has 2 amide bonds. The number of hydrogen-bond donors (Lipinski definition) is 2. The van der Waals surface area contributed by atoms with Crippen molar-refractivity contribution in [2.45, 2.75) is 12.6 Å². The van der Waals surface area contributed by atoms with E-state index in [1.54, 1.807) is 30.4 Å². The maximum absolute atomic E-state index is 12.3. The van der Waals surface area contributed by atoms with E-state index in [1.165, 1.54) is 0 Å². The number of ether oxygens (including phenoxy) is 1. The minimum atomic E-state index is -0.638. The van der Waals surface area contributed by atoms with E-state index in [1.807, 2.05) is 24.3 Å². The summed E-state index contributed by atoms with van der Waals surface area (Å²) in [6.45, 7) is 3.73. The molecule has 1 saturated heterocycles. The lowest BCUT2D eigenvalue weighted by molar-refractivity contribution is 0.0691. The van der Waals surface area contributed by atoms with E-state index >= 15 is 0 Å². The summed E-state index contributed by atoms with van der Waals surface area (Å²) in [4.78, 5) is 16.3. The Bertz CT molecular complexity index is 685. The zero-order valence-electron chi connectivity index (χ0n) is 15.3. The Kier molecular flexibility index (Phi) is 7.97. The van der Waals surface area contributed by atoms with Crippen LogP contribution in [0.25, 0.3) is 0 Å². The standard InChI is InChI=1S/C19H25N3O4.ClH/c1-25-16-6-4-15(5-7-16)13-20-19(24)22-10-8-21(9-11-22)14-17(23)18-3-2-12-26-18;/h2-7,12,17,23H,8-11,13-14H2,1H3,(H,20,24);1H. The summed E-state index contributed by atoms with van der Waals surface area (Å²) in [5, 5.41) is 13.1. The maximum Gasteiger partial charge on any atom is 0.317 e. The number of halogens is 1. The van der Waals surface area contributed by atoms with Crippen LogP contribution < -0.4 is 10.1 Å². The van der Waals surface area contributed by atoms with Crippen molar-refractivity contribution in [2.75, 3.05) is 39.8 Å². The van der Waals surface area contributed by atoms with Crippen molar-refractivity contribution in [1.82, 2.24) is 15.1 Å². The van der Waals surface area contributed by atoms with E-state index < -0.39 is 6.10 Å². The number of piperazine rings is 1. The summed E-state index contributed by atoms with van der Waals surface area (Å²) in [5.41, 5.74) is 1.03. The molecule has 2 N–H and O–H groups in total. The second kappa shape index (κ2) is 10.2. The number of carbonyl (C=O) groups excluding carboxylic acids is 1. The molecule has 1 aromatic carbocycles. The predicted molar refractivity (Wildman–Crippen MR) is 104 cm³/mol. The molecule has 1 aromatic heterocycles. The van der Waals surface area contributed by atoms with Gasteiger partial charge in [0.25, 0.3) is 0 Å². The second-order valence-electron chi connectivity index (χ2n) is 6.33. The first kappa shape index (κ1) is 21.1. The summed E-state index contributed by atoms with van der Waals surface area (Å²) in [7, 11) is 1.63. The molecular weight excluding hydrogens is 370 g/mol. The molecule has 7 nitrogen and oxygen atoms in total. The van der Waals surface area contributed by atoms with Crippen molar-refractivity contribution in [3.05, 3.63) is 54.0 Å². The summed E-state index contributed by atoms with van der Waals surface area (Å²) in [5.74, 6) is 1.37. The van der Waals surface area contributed by atoms with Crippen molar-refractivity contribution in [3.8, 4) is 5.75 Å². The van der Waals surface area contributed by atoms with Gasteiger partial charge in [-0.3, -0.25) is 4.90 Å². The van der Waals surface area contributed by atoms with Gasteiger partial charge in [0.05, 0.1) is 13.4 Å². The van der Waals surface area contributed by atoms with Crippen LogP contribution in [0.2, 0.25) is 0 Å². The number of rotatable bonds is 6. The van der Waals surface area contributed by atoms with Gasteiger partial charge in [0.15, 0.2) is 0 Å². The van der Waals surface area contributed by atoms with Gasteiger partial charge in [0.2, 0.25) is 0 Å². The number of benzene rings is 1. The molecule has 1 aliphatic heterocycles. The number of nitrogens with zero attached hydrogens (tertiary/aromatic N) is 2. The lowest BCUT2D eigenvalue weighted by Crippen LogP contribution is -2.52. The molecule has 2 heterocycles. The van der Waals surface area contributed by atoms with Crippen molar-refractivity contribution in [2.24, 2.45) is 0 Å². The summed E-state index contributed by atoms with van der Waals surface area (Å²) >= 11 is 0.